The molecule has 3 atom stereocenters. The van der Waals surface area contributed by atoms with Crippen LogP contribution in [0.25, 0.3) is 11.3 Å². The molecule has 3 aromatic carbocycles. The number of imide groups is 1. The van der Waals surface area contributed by atoms with E-state index in [1.165, 1.54) is 11.3 Å². The highest BCUT2D eigenvalue weighted by Gasteiger charge is 2.36. The van der Waals surface area contributed by atoms with Gasteiger partial charge >= 0.3 is 6.03 Å². The number of nitrogens with two attached hydrogens (primary N) is 1. The molecule has 2 unspecified atom stereocenters. The molecule has 4 fully saturated rings. The van der Waals surface area contributed by atoms with E-state index in [0.717, 1.165) is 81.0 Å². The van der Waals surface area contributed by atoms with E-state index in [2.05, 4.69) is 60.7 Å². The first-order chi connectivity index (χ1) is 31.6. The number of carbonyl (C=O) groups is 3. The maximum atomic E-state index is 13.9. The van der Waals surface area contributed by atoms with Gasteiger partial charge in [0.2, 0.25) is 11.8 Å². The molecule has 344 valence electrons. The van der Waals surface area contributed by atoms with E-state index in [1.54, 1.807) is 12.1 Å². The molecular weight excluding hydrogens is 825 g/mol. The molecule has 0 aliphatic carbocycles. The van der Waals surface area contributed by atoms with E-state index in [0.29, 0.717) is 69.3 Å². The summed E-state index contributed by atoms with van der Waals surface area (Å²) in [6.07, 6.45) is 6.08. The number of fused-ring (bicyclic) bond motifs is 1. The SMILES string of the molecule is C[C@H]1COCC(Nc2cccc(OC3CCN(C(=O)N(C)C4CCN(c5cccc6c5CCCN6C5CCC(=O)NC5=O)CC4)CC3)c2)CN(c2cc(-c3ccccc3O)nnc2N)C1. The van der Waals surface area contributed by atoms with E-state index in [1.807, 2.05) is 59.3 Å². The third kappa shape index (κ3) is 9.87. The molecule has 1 aromatic heterocycles. The molecule has 6 heterocycles. The smallest absolute Gasteiger partial charge is 0.319 e. The average molecular weight is 887 g/mol. The number of ether oxygens (including phenoxy) is 2. The van der Waals surface area contributed by atoms with Gasteiger partial charge in [-0.3, -0.25) is 14.9 Å². The molecular formula is C49H62N10O6. The van der Waals surface area contributed by atoms with Crippen LogP contribution in [0.5, 0.6) is 11.5 Å². The Balaban J connectivity index is 0.765. The quantitative estimate of drug-likeness (QED) is 0.155. The molecule has 65 heavy (non-hydrogen) atoms. The molecule has 4 saturated heterocycles. The zero-order valence-corrected chi connectivity index (χ0v) is 37.5. The second kappa shape index (κ2) is 19.4. The van der Waals surface area contributed by atoms with Crippen LogP contribution in [-0.2, 0) is 20.7 Å². The maximum absolute atomic E-state index is 13.9. The summed E-state index contributed by atoms with van der Waals surface area (Å²) in [5.41, 5.74) is 12.9. The van der Waals surface area contributed by atoms with E-state index in [4.69, 9.17) is 15.2 Å². The first-order valence-electron chi connectivity index (χ1n) is 23.3. The van der Waals surface area contributed by atoms with Crippen LogP contribution in [0.2, 0.25) is 0 Å². The number of aromatic nitrogens is 2. The standard InChI is InChI=1S/C49H62N10O6/c1-32-28-58(44-27-40(53-54-47(44)50)38-10-3-4-14-45(38)60)29-34(31-64-30-32)51-33-8-5-9-37(26-33)65-36-19-24-57(25-20-36)49(63)55(2)35-17-22-56(23-18-35)41-12-6-13-42-39(41)11-7-21-59(42)43-15-16-46(61)52-48(43)62/h3-6,8-10,12-14,26-27,32,34-36,43,51,60H,7,11,15-25,28-31H2,1-2H3,(H2,50,54)(H,52,61,62)/t32-,34?,43?/m1/s1. The van der Waals surface area contributed by atoms with Crippen molar-refractivity contribution in [3.8, 4) is 22.8 Å². The summed E-state index contributed by atoms with van der Waals surface area (Å²) in [6.45, 7) is 8.34. The predicted octanol–water partition coefficient (Wildman–Crippen LogP) is 5.51. The Labute approximate surface area is 381 Å². The van der Waals surface area contributed by atoms with E-state index >= 15 is 0 Å². The van der Waals surface area contributed by atoms with Crippen LogP contribution < -0.4 is 35.8 Å². The Bertz CT molecular complexity index is 2350. The van der Waals surface area contributed by atoms with Gasteiger partial charge in [-0.1, -0.05) is 31.2 Å². The molecule has 16 nitrogen and oxygen atoms in total. The number of urea groups is 1. The second-order valence-electron chi connectivity index (χ2n) is 18.4. The number of piperidine rings is 3. The summed E-state index contributed by atoms with van der Waals surface area (Å²) in [7, 11) is 1.95. The summed E-state index contributed by atoms with van der Waals surface area (Å²) in [5, 5.41) is 25.3. The first kappa shape index (κ1) is 43.9. The summed E-state index contributed by atoms with van der Waals surface area (Å²) in [4.78, 5) is 49.3. The van der Waals surface area contributed by atoms with Gasteiger partial charge in [-0.2, -0.15) is 0 Å². The Morgan fingerprint density at radius 1 is 0.862 bits per heavy atom. The van der Waals surface area contributed by atoms with Crippen LogP contribution in [0, 0.1) is 5.92 Å². The number of phenolic OH excluding ortho intramolecular Hbond substituents is 1. The maximum Gasteiger partial charge on any atom is 0.319 e. The van der Waals surface area contributed by atoms with Crippen molar-refractivity contribution in [1.82, 2.24) is 25.3 Å². The molecule has 4 aromatic rings. The number of nitrogens with one attached hydrogen (secondary N) is 2. The molecule has 5 N–H and O–H groups in total. The number of anilines is 5. The molecule has 0 bridgehead atoms. The van der Waals surface area contributed by atoms with Crippen LogP contribution >= 0.6 is 0 Å². The van der Waals surface area contributed by atoms with Gasteiger partial charge in [-0.05, 0) is 86.1 Å². The van der Waals surface area contributed by atoms with Gasteiger partial charge in [0.05, 0.1) is 30.6 Å². The fourth-order valence-corrected chi connectivity index (χ4v) is 10.3. The number of benzene rings is 3. The van der Waals surface area contributed by atoms with Crippen LogP contribution in [0.4, 0.5) is 33.4 Å². The number of nitrogens with zero attached hydrogens (tertiary/aromatic N) is 7. The zero-order chi connectivity index (χ0) is 45.0. The lowest BCUT2D eigenvalue weighted by atomic mass is 9.94. The van der Waals surface area contributed by atoms with Gasteiger partial charge in [-0.15, -0.1) is 10.2 Å². The molecule has 4 amide bonds. The molecule has 0 radical (unpaired) electrons. The van der Waals surface area contributed by atoms with Crippen molar-refractivity contribution in [3.05, 3.63) is 78.4 Å². The second-order valence-corrected chi connectivity index (χ2v) is 18.4. The average Bonchev–Trinajstić information content (AvgIpc) is 3.31. The van der Waals surface area contributed by atoms with Gasteiger partial charge < -0.3 is 50.1 Å². The number of rotatable bonds is 9. The van der Waals surface area contributed by atoms with Crippen molar-refractivity contribution >= 4 is 46.4 Å². The number of amides is 4. The van der Waals surface area contributed by atoms with Crippen LogP contribution in [-0.4, -0.2) is 133 Å². The van der Waals surface area contributed by atoms with Crippen LogP contribution in [0.3, 0.4) is 0 Å². The lowest BCUT2D eigenvalue weighted by Gasteiger charge is -2.43. The monoisotopic (exact) mass is 886 g/mol. The minimum Gasteiger partial charge on any atom is -0.507 e. The van der Waals surface area contributed by atoms with Crippen LogP contribution in [0.15, 0.2) is 72.8 Å². The number of nitrogen functional groups attached to an aromatic ring is 1. The number of hydrogen-bond donors (Lipinski definition) is 4. The van der Waals surface area contributed by atoms with Crippen molar-refractivity contribution in [2.45, 2.75) is 82.5 Å². The van der Waals surface area contributed by atoms with Gasteiger partial charge in [0.1, 0.15) is 23.6 Å². The summed E-state index contributed by atoms with van der Waals surface area (Å²) in [6, 6.07) is 23.3. The molecule has 9 rings (SSSR count). The third-order valence-electron chi connectivity index (χ3n) is 13.7. The topological polar surface area (TPSA) is 182 Å². The van der Waals surface area contributed by atoms with Crippen molar-refractivity contribution in [1.29, 1.82) is 0 Å². The molecule has 16 heteroatoms. The van der Waals surface area contributed by atoms with Crippen molar-refractivity contribution in [2.24, 2.45) is 5.92 Å². The Kier molecular flexibility index (Phi) is 13.1. The van der Waals surface area contributed by atoms with Crippen molar-refractivity contribution in [2.75, 3.05) is 91.8 Å². The number of para-hydroxylation sites is 1. The molecule has 0 spiro atoms. The summed E-state index contributed by atoms with van der Waals surface area (Å²) >= 11 is 0. The zero-order valence-electron chi connectivity index (χ0n) is 37.5. The van der Waals surface area contributed by atoms with E-state index in [9.17, 15) is 19.5 Å². The molecule has 0 saturated carbocycles. The minimum atomic E-state index is -0.320. The minimum absolute atomic E-state index is 0.00678. The highest BCUT2D eigenvalue weighted by atomic mass is 16.5. The lowest BCUT2D eigenvalue weighted by molar-refractivity contribution is -0.134. The van der Waals surface area contributed by atoms with Crippen LogP contribution in [0.1, 0.15) is 57.4 Å². The Hall–Kier alpha value is -6.29. The Morgan fingerprint density at radius 2 is 1.65 bits per heavy atom. The molecule has 5 aliphatic heterocycles. The van der Waals surface area contributed by atoms with Gasteiger partial charge in [0.25, 0.3) is 0 Å². The molecule has 5 aliphatic rings. The lowest BCUT2D eigenvalue weighted by Crippen LogP contribution is -2.54. The van der Waals surface area contributed by atoms with E-state index in [-0.39, 0.29) is 53.7 Å². The fraction of sp³-hybridized carbons (Fsp3) is 0.490. The van der Waals surface area contributed by atoms with Gasteiger partial charge in [0, 0.05) is 107 Å². The number of hydrogen-bond acceptors (Lipinski definition) is 13. The van der Waals surface area contributed by atoms with Gasteiger partial charge in [0.15, 0.2) is 5.82 Å². The van der Waals surface area contributed by atoms with E-state index < -0.39 is 0 Å². The highest BCUT2D eigenvalue weighted by molar-refractivity contribution is 6.02. The summed E-state index contributed by atoms with van der Waals surface area (Å²) in [5.74, 6) is 1.11. The summed E-state index contributed by atoms with van der Waals surface area (Å²) < 4.78 is 12.7. The largest absolute Gasteiger partial charge is 0.507 e. The number of phenols is 1. The number of aromatic hydroxyl groups is 1. The number of likely N-dealkylation sites (tertiary alicyclic amines) is 1. The van der Waals surface area contributed by atoms with Crippen molar-refractivity contribution in [3.63, 3.8) is 0 Å². The third-order valence-corrected chi connectivity index (χ3v) is 13.7. The normalized spacial score (nSPS) is 22.4. The predicted molar refractivity (Wildman–Crippen MR) is 251 cm³/mol. The Morgan fingerprint density at radius 3 is 2.45 bits per heavy atom. The van der Waals surface area contributed by atoms with Gasteiger partial charge in [-0.25, -0.2) is 4.79 Å². The first-order valence-corrected chi connectivity index (χ1v) is 23.3. The fourth-order valence-electron chi connectivity index (χ4n) is 10.3. The number of carbonyl (C=O) groups excluding carboxylic acids is 3. The van der Waals surface area contributed by atoms with Crippen molar-refractivity contribution < 1.29 is 29.0 Å². The highest BCUT2D eigenvalue weighted by Crippen LogP contribution is 2.39.